The largest absolute Gasteiger partial charge is 0.493 e. The number of aliphatic imine (C=N–C) groups is 1. The predicted octanol–water partition coefficient (Wildman–Crippen LogP) is 3.44. The average Bonchev–Trinajstić information content (AvgIpc) is 3.02. The average molecular weight is 398 g/mol. The van der Waals surface area contributed by atoms with Gasteiger partial charge in [-0.05, 0) is 43.0 Å². The molecular weight excluding hydrogens is 380 g/mol. The summed E-state index contributed by atoms with van der Waals surface area (Å²) in [5.41, 5.74) is 1.26. The zero-order valence-corrected chi connectivity index (χ0v) is 16.0. The molecule has 0 saturated carbocycles. The second-order valence-electron chi connectivity index (χ2n) is 5.79. The van der Waals surface area contributed by atoms with E-state index in [2.05, 4.69) is 10.3 Å². The van der Waals surface area contributed by atoms with Crippen molar-refractivity contribution in [3.63, 3.8) is 0 Å². The molecule has 0 aliphatic carbocycles. The van der Waals surface area contributed by atoms with Crippen molar-refractivity contribution < 1.29 is 24.2 Å². The summed E-state index contributed by atoms with van der Waals surface area (Å²) in [5.74, 6) is -0.757. The normalized spacial score (nSPS) is 17.4. The SMILES string of the molecule is COc1cccc(/C=C2\SC(=Nc3ccccc3)NC2=O)c1O[C@H](C)C(=O)O. The van der Waals surface area contributed by atoms with Crippen molar-refractivity contribution in [2.24, 2.45) is 4.99 Å². The Labute approximate surface area is 166 Å². The van der Waals surface area contributed by atoms with Crippen LogP contribution in [-0.4, -0.2) is 35.4 Å². The number of carbonyl (C=O) groups excluding carboxylic acids is 1. The number of methoxy groups -OCH3 is 1. The zero-order valence-electron chi connectivity index (χ0n) is 15.2. The van der Waals surface area contributed by atoms with Crippen LogP contribution in [-0.2, 0) is 9.59 Å². The monoisotopic (exact) mass is 398 g/mol. The molecule has 0 unspecified atom stereocenters. The molecule has 0 spiro atoms. The van der Waals surface area contributed by atoms with E-state index in [1.807, 2.05) is 30.3 Å². The van der Waals surface area contributed by atoms with Crippen LogP contribution in [0.25, 0.3) is 6.08 Å². The van der Waals surface area contributed by atoms with E-state index in [0.29, 0.717) is 21.4 Å². The molecule has 2 aromatic carbocycles. The van der Waals surface area contributed by atoms with Crippen LogP contribution in [0.15, 0.2) is 58.4 Å². The molecule has 1 atom stereocenters. The highest BCUT2D eigenvalue weighted by Gasteiger charge is 2.25. The number of carbonyl (C=O) groups is 2. The van der Waals surface area contributed by atoms with Crippen molar-refractivity contribution in [1.29, 1.82) is 0 Å². The number of nitrogens with one attached hydrogen (secondary N) is 1. The van der Waals surface area contributed by atoms with Crippen LogP contribution in [0, 0.1) is 0 Å². The zero-order chi connectivity index (χ0) is 20.1. The molecule has 3 rings (SSSR count). The molecule has 1 saturated heterocycles. The Hall–Kier alpha value is -3.26. The minimum absolute atomic E-state index is 0.259. The fourth-order valence-corrected chi connectivity index (χ4v) is 3.23. The number of aliphatic carboxylic acids is 1. The lowest BCUT2D eigenvalue weighted by Gasteiger charge is -2.16. The maximum absolute atomic E-state index is 12.3. The van der Waals surface area contributed by atoms with Gasteiger partial charge in [0.05, 0.1) is 17.7 Å². The first-order valence-electron chi connectivity index (χ1n) is 8.39. The van der Waals surface area contributed by atoms with Crippen LogP contribution >= 0.6 is 11.8 Å². The Morgan fingerprint density at radius 1 is 1.21 bits per heavy atom. The van der Waals surface area contributed by atoms with Crippen molar-refractivity contribution in [1.82, 2.24) is 5.32 Å². The summed E-state index contributed by atoms with van der Waals surface area (Å²) in [6.07, 6.45) is 0.550. The number of ether oxygens (including phenoxy) is 2. The highest BCUT2D eigenvalue weighted by molar-refractivity contribution is 8.18. The van der Waals surface area contributed by atoms with E-state index in [1.165, 1.54) is 25.8 Å². The van der Waals surface area contributed by atoms with Gasteiger partial charge in [0.2, 0.25) is 0 Å². The molecule has 28 heavy (non-hydrogen) atoms. The number of amidine groups is 1. The number of hydrogen-bond acceptors (Lipinski definition) is 6. The summed E-state index contributed by atoms with van der Waals surface area (Å²) in [7, 11) is 1.46. The van der Waals surface area contributed by atoms with Crippen LogP contribution in [0.3, 0.4) is 0 Å². The van der Waals surface area contributed by atoms with Gasteiger partial charge in [0.15, 0.2) is 22.8 Å². The molecule has 0 bridgehead atoms. The number of nitrogens with zero attached hydrogens (tertiary/aromatic N) is 1. The smallest absolute Gasteiger partial charge is 0.344 e. The third-order valence-corrected chi connectivity index (χ3v) is 4.71. The summed E-state index contributed by atoms with van der Waals surface area (Å²) < 4.78 is 10.8. The third-order valence-electron chi connectivity index (χ3n) is 3.80. The van der Waals surface area contributed by atoms with Gasteiger partial charge in [0.25, 0.3) is 5.91 Å². The van der Waals surface area contributed by atoms with Crippen LogP contribution < -0.4 is 14.8 Å². The van der Waals surface area contributed by atoms with Crippen molar-refractivity contribution in [3.05, 3.63) is 59.0 Å². The Bertz CT molecular complexity index is 956. The number of para-hydroxylation sites is 2. The van der Waals surface area contributed by atoms with E-state index in [1.54, 1.807) is 24.3 Å². The Morgan fingerprint density at radius 2 is 1.96 bits per heavy atom. The number of carboxylic acid groups (broad SMARTS) is 1. The van der Waals surface area contributed by atoms with E-state index in [4.69, 9.17) is 14.6 Å². The maximum Gasteiger partial charge on any atom is 0.344 e. The summed E-state index contributed by atoms with van der Waals surface area (Å²) in [4.78, 5) is 28.3. The van der Waals surface area contributed by atoms with Gasteiger partial charge in [0.1, 0.15) is 0 Å². The van der Waals surface area contributed by atoms with Gasteiger partial charge in [-0.2, -0.15) is 0 Å². The van der Waals surface area contributed by atoms with E-state index in [9.17, 15) is 9.59 Å². The van der Waals surface area contributed by atoms with Gasteiger partial charge < -0.3 is 19.9 Å². The summed E-state index contributed by atoms with van der Waals surface area (Å²) in [5, 5.41) is 12.3. The van der Waals surface area contributed by atoms with Crippen molar-refractivity contribution in [2.75, 3.05) is 7.11 Å². The van der Waals surface area contributed by atoms with Gasteiger partial charge in [0, 0.05) is 5.56 Å². The quantitative estimate of drug-likeness (QED) is 0.724. The predicted molar refractivity (Wildman–Crippen MR) is 108 cm³/mol. The molecule has 2 aromatic rings. The molecule has 0 radical (unpaired) electrons. The lowest BCUT2D eigenvalue weighted by molar-refractivity contribution is -0.144. The Balaban J connectivity index is 1.91. The van der Waals surface area contributed by atoms with Crippen LogP contribution in [0.2, 0.25) is 0 Å². The number of rotatable bonds is 6. The van der Waals surface area contributed by atoms with Crippen molar-refractivity contribution in [3.8, 4) is 11.5 Å². The summed E-state index contributed by atoms with van der Waals surface area (Å²) in [6.45, 7) is 1.42. The molecule has 1 amide bonds. The summed E-state index contributed by atoms with van der Waals surface area (Å²) in [6, 6.07) is 14.4. The molecule has 1 aliphatic heterocycles. The first-order chi connectivity index (χ1) is 13.5. The highest BCUT2D eigenvalue weighted by Crippen LogP contribution is 2.36. The number of carboxylic acids is 1. The topological polar surface area (TPSA) is 97.2 Å². The Kier molecular flexibility index (Phi) is 6.00. The third kappa shape index (κ3) is 4.52. The van der Waals surface area contributed by atoms with Crippen molar-refractivity contribution >= 4 is 40.6 Å². The molecule has 1 heterocycles. The van der Waals surface area contributed by atoms with Gasteiger partial charge in [-0.25, -0.2) is 9.79 Å². The molecule has 144 valence electrons. The van der Waals surface area contributed by atoms with E-state index < -0.39 is 12.1 Å². The lowest BCUT2D eigenvalue weighted by atomic mass is 10.1. The lowest BCUT2D eigenvalue weighted by Crippen LogP contribution is -2.23. The fourth-order valence-electron chi connectivity index (χ4n) is 2.40. The van der Waals surface area contributed by atoms with Gasteiger partial charge in [-0.1, -0.05) is 30.3 Å². The second-order valence-corrected chi connectivity index (χ2v) is 6.82. The molecular formula is C20H18N2O5S. The first-order valence-corrected chi connectivity index (χ1v) is 9.20. The molecule has 0 aromatic heterocycles. The molecule has 2 N–H and O–H groups in total. The minimum atomic E-state index is -1.10. The van der Waals surface area contributed by atoms with Crippen molar-refractivity contribution in [2.45, 2.75) is 13.0 Å². The number of benzene rings is 2. The van der Waals surface area contributed by atoms with Crippen LogP contribution in [0.4, 0.5) is 5.69 Å². The van der Waals surface area contributed by atoms with E-state index in [0.717, 1.165) is 5.69 Å². The highest BCUT2D eigenvalue weighted by atomic mass is 32.2. The van der Waals surface area contributed by atoms with Gasteiger partial charge >= 0.3 is 5.97 Å². The van der Waals surface area contributed by atoms with Gasteiger partial charge in [-0.3, -0.25) is 4.79 Å². The number of amides is 1. The summed E-state index contributed by atoms with van der Waals surface area (Å²) >= 11 is 1.19. The van der Waals surface area contributed by atoms with E-state index >= 15 is 0 Å². The molecule has 1 aliphatic rings. The minimum Gasteiger partial charge on any atom is -0.493 e. The van der Waals surface area contributed by atoms with Gasteiger partial charge in [-0.15, -0.1) is 0 Å². The molecule has 7 nitrogen and oxygen atoms in total. The maximum atomic E-state index is 12.3. The number of hydrogen-bond donors (Lipinski definition) is 2. The van der Waals surface area contributed by atoms with Crippen LogP contribution in [0.5, 0.6) is 11.5 Å². The molecule has 8 heteroatoms. The Morgan fingerprint density at radius 3 is 2.64 bits per heavy atom. The second kappa shape index (κ2) is 8.62. The van der Waals surface area contributed by atoms with E-state index in [-0.39, 0.29) is 11.7 Å². The fraction of sp³-hybridized carbons (Fsp3) is 0.150. The van der Waals surface area contributed by atoms with Crippen LogP contribution in [0.1, 0.15) is 12.5 Å². The number of thioether (sulfide) groups is 1. The standard InChI is InChI=1S/C20H18N2O5S/c1-12(19(24)25)27-17-13(7-6-10-15(17)26-2)11-16-18(23)22-20(28-16)21-14-8-4-3-5-9-14/h3-12H,1-2H3,(H,24,25)(H,21,22,23)/b16-11-/t12-/m1/s1. The molecule has 1 fully saturated rings. The first kappa shape index (κ1) is 19.5.